The number of benzene rings is 1. The Labute approximate surface area is 124 Å². The van der Waals surface area contributed by atoms with Gasteiger partial charge in [0.15, 0.2) is 4.34 Å². The number of aryl methyl sites for hydroxylation is 1. The van der Waals surface area contributed by atoms with Gasteiger partial charge >= 0.3 is 5.97 Å². The fourth-order valence-corrected chi connectivity index (χ4v) is 3.85. The fraction of sp³-hybridized carbons (Fsp3) is 0.308. The molecular weight excluding hydrogens is 294 g/mol. The summed E-state index contributed by atoms with van der Waals surface area (Å²) in [5, 5.41) is 12.0. The SMILES string of the molecule is Cc1cccc(Nc2nnc(S[C@H]3CCOC3=O)s2)c1. The van der Waals surface area contributed by atoms with Gasteiger partial charge in [-0.25, -0.2) is 0 Å². The normalized spacial score (nSPS) is 18.1. The largest absolute Gasteiger partial charge is 0.465 e. The smallest absolute Gasteiger partial charge is 0.319 e. The van der Waals surface area contributed by atoms with E-state index in [-0.39, 0.29) is 11.2 Å². The summed E-state index contributed by atoms with van der Waals surface area (Å²) in [5.74, 6) is -0.154. The summed E-state index contributed by atoms with van der Waals surface area (Å²) < 4.78 is 5.72. The van der Waals surface area contributed by atoms with Crippen LogP contribution in [0.2, 0.25) is 0 Å². The Balaban J connectivity index is 1.66. The number of carbonyl (C=O) groups excluding carboxylic acids is 1. The molecule has 1 aromatic heterocycles. The van der Waals surface area contributed by atoms with Crippen molar-refractivity contribution >= 4 is 39.9 Å². The van der Waals surface area contributed by atoms with Gasteiger partial charge in [0.25, 0.3) is 0 Å². The van der Waals surface area contributed by atoms with Crippen molar-refractivity contribution in [2.45, 2.75) is 22.9 Å². The summed E-state index contributed by atoms with van der Waals surface area (Å²) in [5.41, 5.74) is 2.17. The van der Waals surface area contributed by atoms with Crippen molar-refractivity contribution in [2.24, 2.45) is 0 Å². The van der Waals surface area contributed by atoms with E-state index in [1.807, 2.05) is 31.2 Å². The Morgan fingerprint density at radius 3 is 3.10 bits per heavy atom. The van der Waals surface area contributed by atoms with Crippen molar-refractivity contribution in [3.63, 3.8) is 0 Å². The van der Waals surface area contributed by atoms with Crippen molar-refractivity contribution in [2.75, 3.05) is 11.9 Å². The van der Waals surface area contributed by atoms with Gasteiger partial charge in [0.1, 0.15) is 5.25 Å². The molecule has 3 rings (SSSR count). The van der Waals surface area contributed by atoms with Crippen molar-refractivity contribution < 1.29 is 9.53 Å². The van der Waals surface area contributed by atoms with Gasteiger partial charge in [0.05, 0.1) is 6.61 Å². The highest BCUT2D eigenvalue weighted by atomic mass is 32.2. The molecule has 0 amide bonds. The second kappa shape index (κ2) is 5.80. The third-order valence-corrected chi connectivity index (χ3v) is 4.97. The van der Waals surface area contributed by atoms with Crippen LogP contribution in [0.4, 0.5) is 10.8 Å². The highest BCUT2D eigenvalue weighted by Crippen LogP contribution is 2.33. The standard InChI is InChI=1S/C13H13N3O2S2/c1-8-3-2-4-9(7-8)14-12-15-16-13(20-12)19-10-5-6-18-11(10)17/h2-4,7,10H,5-6H2,1H3,(H,14,15)/t10-/m0/s1. The summed E-state index contributed by atoms with van der Waals surface area (Å²) >= 11 is 2.87. The van der Waals surface area contributed by atoms with Crippen LogP contribution in [-0.4, -0.2) is 28.0 Å². The molecule has 1 aromatic carbocycles. The Morgan fingerprint density at radius 1 is 1.45 bits per heavy atom. The third kappa shape index (κ3) is 3.10. The number of cyclic esters (lactones) is 1. The number of carbonyl (C=O) groups is 1. The maximum Gasteiger partial charge on any atom is 0.319 e. The van der Waals surface area contributed by atoms with Crippen LogP contribution in [0.15, 0.2) is 28.6 Å². The first-order valence-electron chi connectivity index (χ1n) is 6.21. The fourth-order valence-electron chi connectivity index (χ4n) is 1.86. The van der Waals surface area contributed by atoms with Crippen molar-refractivity contribution in [3.05, 3.63) is 29.8 Å². The lowest BCUT2D eigenvalue weighted by molar-refractivity contribution is -0.137. The summed E-state index contributed by atoms with van der Waals surface area (Å²) in [7, 11) is 0. The van der Waals surface area contributed by atoms with Gasteiger partial charge in [-0.05, 0) is 24.6 Å². The molecule has 104 valence electrons. The molecule has 1 aliphatic rings. The molecule has 0 aliphatic carbocycles. The minimum atomic E-state index is -0.154. The number of hydrogen-bond donors (Lipinski definition) is 1. The van der Waals surface area contributed by atoms with Gasteiger partial charge in [-0.15, -0.1) is 10.2 Å². The van der Waals surface area contributed by atoms with E-state index in [4.69, 9.17) is 4.74 Å². The first-order chi connectivity index (χ1) is 9.70. The van der Waals surface area contributed by atoms with Crippen molar-refractivity contribution in [1.82, 2.24) is 10.2 Å². The number of nitrogens with zero attached hydrogens (tertiary/aromatic N) is 2. The van der Waals surface area contributed by atoms with Crippen LogP contribution < -0.4 is 5.32 Å². The van der Waals surface area contributed by atoms with E-state index < -0.39 is 0 Å². The Kier molecular flexibility index (Phi) is 3.88. The number of rotatable bonds is 4. The molecule has 1 fully saturated rings. The van der Waals surface area contributed by atoms with E-state index in [0.717, 1.165) is 21.6 Å². The zero-order valence-corrected chi connectivity index (χ0v) is 12.5. The maximum absolute atomic E-state index is 11.4. The quantitative estimate of drug-likeness (QED) is 0.876. The predicted molar refractivity (Wildman–Crippen MR) is 79.6 cm³/mol. The Bertz CT molecular complexity index is 630. The molecule has 0 bridgehead atoms. The summed E-state index contributed by atoms with van der Waals surface area (Å²) in [6.07, 6.45) is 0.740. The molecule has 1 saturated heterocycles. The lowest BCUT2D eigenvalue weighted by Crippen LogP contribution is -2.08. The number of thioether (sulfide) groups is 1. The molecule has 20 heavy (non-hydrogen) atoms. The third-order valence-electron chi connectivity index (χ3n) is 2.81. The average Bonchev–Trinajstić information content (AvgIpc) is 3.01. The van der Waals surface area contributed by atoms with E-state index in [1.165, 1.54) is 28.7 Å². The van der Waals surface area contributed by atoms with E-state index in [2.05, 4.69) is 15.5 Å². The first-order valence-corrected chi connectivity index (χ1v) is 7.91. The second-order valence-electron chi connectivity index (χ2n) is 4.43. The van der Waals surface area contributed by atoms with Crippen molar-refractivity contribution in [3.8, 4) is 0 Å². The van der Waals surface area contributed by atoms with Crippen LogP contribution in [0, 0.1) is 6.92 Å². The zero-order valence-electron chi connectivity index (χ0n) is 10.8. The predicted octanol–water partition coefficient (Wildman–Crippen LogP) is 3.00. The van der Waals surface area contributed by atoms with Gasteiger partial charge < -0.3 is 10.1 Å². The number of esters is 1. The minimum Gasteiger partial charge on any atom is -0.465 e. The average molecular weight is 307 g/mol. The molecule has 0 radical (unpaired) electrons. The Hall–Kier alpha value is -1.60. The van der Waals surface area contributed by atoms with Crippen LogP contribution in [0.25, 0.3) is 0 Å². The topological polar surface area (TPSA) is 64.1 Å². The molecule has 0 spiro atoms. The highest BCUT2D eigenvalue weighted by Gasteiger charge is 2.28. The molecule has 0 unspecified atom stereocenters. The lowest BCUT2D eigenvalue weighted by atomic mass is 10.2. The second-order valence-corrected chi connectivity index (χ2v) is 6.86. The molecule has 5 nitrogen and oxygen atoms in total. The molecule has 2 aromatic rings. The van der Waals surface area contributed by atoms with Crippen LogP contribution in [0.1, 0.15) is 12.0 Å². The molecular formula is C13H13N3O2S2. The Morgan fingerprint density at radius 2 is 2.35 bits per heavy atom. The summed E-state index contributed by atoms with van der Waals surface area (Å²) in [6, 6.07) is 8.05. The molecule has 1 atom stereocenters. The molecule has 1 aliphatic heterocycles. The van der Waals surface area contributed by atoms with E-state index >= 15 is 0 Å². The molecule has 1 N–H and O–H groups in total. The van der Waals surface area contributed by atoms with Gasteiger partial charge in [-0.1, -0.05) is 35.2 Å². The number of hydrogen-bond acceptors (Lipinski definition) is 7. The zero-order chi connectivity index (χ0) is 13.9. The summed E-state index contributed by atoms with van der Waals surface area (Å²) in [4.78, 5) is 11.4. The van der Waals surface area contributed by atoms with Crippen LogP contribution in [-0.2, 0) is 9.53 Å². The number of anilines is 2. The van der Waals surface area contributed by atoms with Gasteiger partial charge in [-0.3, -0.25) is 4.79 Å². The van der Waals surface area contributed by atoms with Crippen LogP contribution in [0.3, 0.4) is 0 Å². The maximum atomic E-state index is 11.4. The van der Waals surface area contributed by atoms with Gasteiger partial charge in [0, 0.05) is 12.1 Å². The van der Waals surface area contributed by atoms with Gasteiger partial charge in [-0.2, -0.15) is 0 Å². The monoisotopic (exact) mass is 307 g/mol. The molecule has 0 saturated carbocycles. The number of ether oxygens (including phenoxy) is 1. The first kappa shape index (κ1) is 13.4. The van der Waals surface area contributed by atoms with Crippen molar-refractivity contribution in [1.29, 1.82) is 0 Å². The molecule has 2 heterocycles. The highest BCUT2D eigenvalue weighted by molar-refractivity contribution is 8.02. The molecule has 7 heteroatoms. The number of nitrogens with one attached hydrogen (secondary N) is 1. The van der Waals surface area contributed by atoms with E-state index in [1.54, 1.807) is 0 Å². The minimum absolute atomic E-state index is 0.144. The van der Waals surface area contributed by atoms with Crippen LogP contribution >= 0.6 is 23.1 Å². The van der Waals surface area contributed by atoms with E-state index in [0.29, 0.717) is 6.61 Å². The van der Waals surface area contributed by atoms with Gasteiger partial charge in [0.2, 0.25) is 5.13 Å². The van der Waals surface area contributed by atoms with E-state index in [9.17, 15) is 4.79 Å². The van der Waals surface area contributed by atoms with Crippen LogP contribution in [0.5, 0.6) is 0 Å². The number of aromatic nitrogens is 2. The summed E-state index contributed by atoms with van der Waals surface area (Å²) in [6.45, 7) is 2.54. The lowest BCUT2D eigenvalue weighted by Gasteiger charge is -2.02.